The lowest BCUT2D eigenvalue weighted by atomic mass is 10.1. The number of nitrogens with two attached hydrogens (primary N) is 1. The van der Waals surface area contributed by atoms with Gasteiger partial charge in [-0.05, 0) is 18.6 Å². The van der Waals surface area contributed by atoms with E-state index in [9.17, 15) is 4.79 Å². The zero-order valence-corrected chi connectivity index (χ0v) is 8.21. The summed E-state index contributed by atoms with van der Waals surface area (Å²) in [6.07, 6.45) is 1.86. The predicted molar refractivity (Wildman–Crippen MR) is 56.7 cm³/mol. The van der Waals surface area contributed by atoms with E-state index in [2.05, 4.69) is 18.8 Å². The zero-order valence-electron chi connectivity index (χ0n) is 8.21. The van der Waals surface area contributed by atoms with Gasteiger partial charge in [-0.3, -0.25) is 4.79 Å². The molecular weight excluding hydrogens is 174 g/mol. The van der Waals surface area contributed by atoms with Crippen molar-refractivity contribution < 1.29 is 4.79 Å². The van der Waals surface area contributed by atoms with Gasteiger partial charge in [0.05, 0.1) is 5.56 Å². The van der Waals surface area contributed by atoms with Gasteiger partial charge in [-0.2, -0.15) is 0 Å². The highest BCUT2D eigenvalue weighted by molar-refractivity contribution is 5.95. The first-order valence-electron chi connectivity index (χ1n) is 4.63. The summed E-state index contributed by atoms with van der Waals surface area (Å²) in [6.45, 7) is 2.06. The molecule has 0 aliphatic rings. The van der Waals surface area contributed by atoms with Crippen LogP contribution in [-0.2, 0) is 0 Å². The Morgan fingerprint density at radius 1 is 1.43 bits per heavy atom. The fraction of sp³-hybridized carbons (Fsp3) is 0.250. The van der Waals surface area contributed by atoms with Crippen LogP contribution in [0.4, 0.5) is 0 Å². The predicted octanol–water partition coefficient (Wildman–Crippen LogP) is 1.94. The van der Waals surface area contributed by atoms with Crippen molar-refractivity contribution in [3.63, 3.8) is 0 Å². The summed E-state index contributed by atoms with van der Waals surface area (Å²) in [5.74, 6) is 5.51. The van der Waals surface area contributed by atoms with Gasteiger partial charge in [-0.25, -0.2) is 0 Å². The molecule has 0 aliphatic carbocycles. The summed E-state index contributed by atoms with van der Waals surface area (Å²) in [7, 11) is 0. The molecule has 0 spiro atoms. The van der Waals surface area contributed by atoms with E-state index in [-0.39, 0.29) is 0 Å². The maximum atomic E-state index is 11.0. The highest BCUT2D eigenvalue weighted by Crippen LogP contribution is 2.05. The lowest BCUT2D eigenvalue weighted by molar-refractivity contribution is 0.1000. The molecule has 0 radical (unpaired) electrons. The minimum Gasteiger partial charge on any atom is -0.366 e. The summed E-state index contributed by atoms with van der Waals surface area (Å²) in [5, 5.41) is 0. The third kappa shape index (κ3) is 2.63. The molecule has 0 saturated carbocycles. The molecule has 0 fully saturated rings. The van der Waals surface area contributed by atoms with Crippen LogP contribution in [-0.4, -0.2) is 5.91 Å². The molecule has 2 nitrogen and oxygen atoms in total. The fourth-order valence-corrected chi connectivity index (χ4v) is 1.09. The van der Waals surface area contributed by atoms with Gasteiger partial charge in [0.15, 0.2) is 0 Å². The second-order valence-electron chi connectivity index (χ2n) is 2.96. The Labute approximate surface area is 84.1 Å². The lowest BCUT2D eigenvalue weighted by Gasteiger charge is -1.97. The number of primary amides is 1. The number of carbonyl (C=O) groups excluding carboxylic acids is 1. The van der Waals surface area contributed by atoms with Crippen LogP contribution in [0.25, 0.3) is 0 Å². The van der Waals surface area contributed by atoms with Gasteiger partial charge >= 0.3 is 0 Å². The normalized spacial score (nSPS) is 8.93. The quantitative estimate of drug-likeness (QED) is 0.706. The molecule has 2 N–H and O–H groups in total. The van der Waals surface area contributed by atoms with Crippen molar-refractivity contribution in [2.24, 2.45) is 5.73 Å². The van der Waals surface area contributed by atoms with Crippen molar-refractivity contribution in [1.82, 2.24) is 0 Å². The molecule has 0 heterocycles. The number of unbranched alkanes of at least 4 members (excludes halogenated alkanes) is 1. The van der Waals surface area contributed by atoms with Crippen LogP contribution >= 0.6 is 0 Å². The van der Waals surface area contributed by atoms with E-state index in [1.807, 2.05) is 12.1 Å². The maximum Gasteiger partial charge on any atom is 0.249 e. The highest BCUT2D eigenvalue weighted by atomic mass is 16.1. The number of hydrogen-bond donors (Lipinski definition) is 1. The van der Waals surface area contributed by atoms with Crippen molar-refractivity contribution >= 4 is 5.91 Å². The van der Waals surface area contributed by atoms with Crippen LogP contribution in [0.5, 0.6) is 0 Å². The molecule has 14 heavy (non-hydrogen) atoms. The van der Waals surface area contributed by atoms with Gasteiger partial charge in [-0.15, -0.1) is 0 Å². The van der Waals surface area contributed by atoms with Crippen molar-refractivity contribution in [1.29, 1.82) is 0 Å². The maximum absolute atomic E-state index is 11.0. The minimum absolute atomic E-state index is 0.425. The molecule has 2 heteroatoms. The van der Waals surface area contributed by atoms with E-state index in [1.54, 1.807) is 12.1 Å². The highest BCUT2D eigenvalue weighted by Gasteiger charge is 2.03. The summed E-state index contributed by atoms with van der Waals surface area (Å²) < 4.78 is 0. The average Bonchev–Trinajstić information content (AvgIpc) is 2.19. The molecule has 0 aliphatic heterocycles. The first-order valence-corrected chi connectivity index (χ1v) is 4.63. The van der Waals surface area contributed by atoms with Gasteiger partial charge in [-0.1, -0.05) is 30.9 Å². The van der Waals surface area contributed by atoms with Gasteiger partial charge in [0.25, 0.3) is 0 Å². The van der Waals surface area contributed by atoms with E-state index in [1.165, 1.54) is 0 Å². The van der Waals surface area contributed by atoms with Crippen LogP contribution in [0.3, 0.4) is 0 Å². The Hall–Kier alpha value is -1.75. The number of hydrogen-bond acceptors (Lipinski definition) is 1. The molecule has 1 aromatic rings. The van der Waals surface area contributed by atoms with Gasteiger partial charge in [0.2, 0.25) is 5.91 Å². The third-order valence-corrected chi connectivity index (χ3v) is 1.79. The molecule has 0 aromatic heterocycles. The van der Waals surface area contributed by atoms with E-state index < -0.39 is 5.91 Å². The van der Waals surface area contributed by atoms with Crippen LogP contribution in [0.15, 0.2) is 24.3 Å². The largest absolute Gasteiger partial charge is 0.366 e. The number of carbonyl (C=O) groups is 1. The Kier molecular flexibility index (Phi) is 3.75. The molecule has 0 atom stereocenters. The molecule has 0 unspecified atom stereocenters. The van der Waals surface area contributed by atoms with Crippen molar-refractivity contribution in [2.45, 2.75) is 19.8 Å². The van der Waals surface area contributed by atoms with Gasteiger partial charge in [0.1, 0.15) is 0 Å². The standard InChI is InChI=1S/C12H13NO/c1-2-3-4-7-10-8-5-6-9-11(10)12(13)14/h5-6,8-9H,2-3H2,1H3,(H2,13,14). The minimum atomic E-state index is -0.425. The summed E-state index contributed by atoms with van der Waals surface area (Å²) in [6, 6.07) is 7.13. The summed E-state index contributed by atoms with van der Waals surface area (Å²) in [5.41, 5.74) is 6.42. The van der Waals surface area contributed by atoms with E-state index >= 15 is 0 Å². The van der Waals surface area contributed by atoms with Gasteiger partial charge in [0, 0.05) is 12.0 Å². The Morgan fingerprint density at radius 2 is 2.14 bits per heavy atom. The third-order valence-electron chi connectivity index (χ3n) is 1.79. The second-order valence-corrected chi connectivity index (χ2v) is 2.96. The van der Waals surface area contributed by atoms with Crippen LogP contribution in [0, 0.1) is 11.8 Å². The Bertz CT molecular complexity index is 385. The van der Waals surface area contributed by atoms with E-state index in [4.69, 9.17) is 5.73 Å². The first-order chi connectivity index (χ1) is 6.75. The zero-order chi connectivity index (χ0) is 10.4. The number of rotatable bonds is 2. The SMILES string of the molecule is CCCC#Cc1ccccc1C(N)=O. The van der Waals surface area contributed by atoms with Crippen LogP contribution < -0.4 is 5.73 Å². The fourth-order valence-electron chi connectivity index (χ4n) is 1.09. The molecule has 1 amide bonds. The monoisotopic (exact) mass is 187 g/mol. The lowest BCUT2D eigenvalue weighted by Crippen LogP contribution is -2.12. The van der Waals surface area contributed by atoms with Crippen molar-refractivity contribution in [2.75, 3.05) is 0 Å². The summed E-state index contributed by atoms with van der Waals surface area (Å²) in [4.78, 5) is 11.0. The number of benzene rings is 1. The molecule has 0 saturated heterocycles. The van der Waals surface area contributed by atoms with Gasteiger partial charge < -0.3 is 5.73 Å². The molecule has 0 bridgehead atoms. The van der Waals surface area contributed by atoms with Crippen LogP contribution in [0.2, 0.25) is 0 Å². The van der Waals surface area contributed by atoms with Crippen molar-refractivity contribution in [3.05, 3.63) is 35.4 Å². The molecular formula is C12H13NO. The second kappa shape index (κ2) is 5.08. The van der Waals surface area contributed by atoms with E-state index in [0.29, 0.717) is 11.1 Å². The molecule has 1 rings (SSSR count). The number of amides is 1. The van der Waals surface area contributed by atoms with Crippen LogP contribution in [0.1, 0.15) is 35.7 Å². The molecule has 1 aromatic carbocycles. The Balaban J connectivity index is 2.97. The topological polar surface area (TPSA) is 43.1 Å². The summed E-state index contributed by atoms with van der Waals surface area (Å²) >= 11 is 0. The van der Waals surface area contributed by atoms with E-state index in [0.717, 1.165) is 12.8 Å². The Morgan fingerprint density at radius 3 is 2.79 bits per heavy atom. The average molecular weight is 187 g/mol. The van der Waals surface area contributed by atoms with Crippen molar-refractivity contribution in [3.8, 4) is 11.8 Å². The first kappa shape index (κ1) is 10.3. The smallest absolute Gasteiger partial charge is 0.249 e. The molecule has 72 valence electrons.